The molecular weight excluding hydrogens is 464 g/mol. The summed E-state index contributed by atoms with van der Waals surface area (Å²) in [5.41, 5.74) is 2.41. The monoisotopic (exact) mass is 484 g/mol. The van der Waals surface area contributed by atoms with Crippen LogP contribution in [-0.4, -0.2) is 48.0 Å². The summed E-state index contributed by atoms with van der Waals surface area (Å²) >= 11 is 9.89. The number of hydrogen-bond acceptors (Lipinski definition) is 4. The minimum atomic E-state index is -3.15. The van der Waals surface area contributed by atoms with Gasteiger partial charge < -0.3 is 5.32 Å². The van der Waals surface area contributed by atoms with Crippen molar-refractivity contribution >= 4 is 49.0 Å². The Labute approximate surface area is 178 Å². The van der Waals surface area contributed by atoms with E-state index in [1.54, 1.807) is 14.0 Å². The normalized spacial score (nSPS) is 12.0. The van der Waals surface area contributed by atoms with Crippen molar-refractivity contribution in [2.24, 2.45) is 0 Å². The Balaban J connectivity index is 1.82. The molecule has 6 nitrogen and oxygen atoms in total. The fraction of sp³-hybridized carbons (Fsp3) is 0.316. The molecule has 0 unspecified atom stereocenters. The number of nitrogens with one attached hydrogen (secondary N) is 1. The van der Waals surface area contributed by atoms with Gasteiger partial charge in [-0.05, 0) is 41.4 Å². The van der Waals surface area contributed by atoms with Crippen molar-refractivity contribution in [2.75, 3.05) is 31.2 Å². The lowest BCUT2D eigenvalue weighted by atomic mass is 10.1. The first-order valence-electron chi connectivity index (χ1n) is 8.94. The van der Waals surface area contributed by atoms with E-state index in [1.807, 2.05) is 47.0 Å². The molecule has 1 N–H and O–H groups in total. The van der Waals surface area contributed by atoms with Crippen LogP contribution in [0.2, 0.25) is 5.02 Å². The van der Waals surface area contributed by atoms with Crippen LogP contribution < -0.4 is 5.32 Å². The summed E-state index contributed by atoms with van der Waals surface area (Å²) in [4.78, 5) is 4.73. The van der Waals surface area contributed by atoms with Gasteiger partial charge in [-0.1, -0.05) is 29.8 Å². The maximum absolute atomic E-state index is 11.8. The van der Waals surface area contributed by atoms with Crippen molar-refractivity contribution in [3.63, 3.8) is 0 Å². The third kappa shape index (κ3) is 4.51. The lowest BCUT2D eigenvalue weighted by Gasteiger charge is -2.17. The average molecular weight is 486 g/mol. The van der Waals surface area contributed by atoms with Crippen molar-refractivity contribution in [3.8, 4) is 11.3 Å². The van der Waals surface area contributed by atoms with Gasteiger partial charge in [0.05, 0.1) is 15.9 Å². The van der Waals surface area contributed by atoms with Gasteiger partial charge in [0.25, 0.3) is 0 Å². The molecule has 1 aromatic carbocycles. The fourth-order valence-electron chi connectivity index (χ4n) is 2.87. The standard InChI is InChI=1S/C19H22BrClN4O2S/c1-3-28(26,27)24(2)11-6-10-22-18-13-17(14-7-4-5-8-16(14)21)23-19-15(20)9-12-25(18)19/h4-5,7-9,12-13,22H,3,6,10-11H2,1-2H3. The predicted molar refractivity (Wildman–Crippen MR) is 119 cm³/mol. The van der Waals surface area contributed by atoms with Crippen molar-refractivity contribution in [3.05, 3.63) is 52.1 Å². The second-order valence-corrected chi connectivity index (χ2v) is 9.99. The second-order valence-electron chi connectivity index (χ2n) is 6.37. The second kappa shape index (κ2) is 8.82. The third-order valence-electron chi connectivity index (χ3n) is 4.52. The molecule has 0 fully saturated rings. The van der Waals surface area contributed by atoms with Gasteiger partial charge in [0.15, 0.2) is 5.65 Å². The zero-order valence-corrected chi connectivity index (χ0v) is 18.9. The van der Waals surface area contributed by atoms with Gasteiger partial charge in [0, 0.05) is 43.0 Å². The quantitative estimate of drug-likeness (QED) is 0.477. The number of aromatic nitrogens is 2. The van der Waals surface area contributed by atoms with Gasteiger partial charge in [-0.25, -0.2) is 17.7 Å². The first-order valence-corrected chi connectivity index (χ1v) is 11.7. The minimum absolute atomic E-state index is 0.112. The van der Waals surface area contributed by atoms with Crippen LogP contribution in [0.4, 0.5) is 5.82 Å². The van der Waals surface area contributed by atoms with E-state index in [9.17, 15) is 8.42 Å². The van der Waals surface area contributed by atoms with Crippen LogP contribution in [0.3, 0.4) is 0 Å². The number of fused-ring (bicyclic) bond motifs is 1. The molecule has 9 heteroatoms. The zero-order valence-electron chi connectivity index (χ0n) is 15.7. The molecular formula is C19H22BrClN4O2S. The lowest BCUT2D eigenvalue weighted by Crippen LogP contribution is -2.30. The summed E-state index contributed by atoms with van der Waals surface area (Å²) in [5, 5.41) is 4.03. The number of hydrogen-bond donors (Lipinski definition) is 1. The van der Waals surface area contributed by atoms with Crippen LogP contribution in [0.25, 0.3) is 16.9 Å². The smallest absolute Gasteiger partial charge is 0.213 e. The zero-order chi connectivity index (χ0) is 20.3. The molecule has 0 saturated carbocycles. The molecule has 150 valence electrons. The summed E-state index contributed by atoms with van der Waals surface area (Å²) in [6.07, 6.45) is 2.61. The summed E-state index contributed by atoms with van der Waals surface area (Å²) in [6, 6.07) is 11.5. The Morgan fingerprint density at radius 2 is 2.04 bits per heavy atom. The molecule has 0 atom stereocenters. The highest BCUT2D eigenvalue weighted by molar-refractivity contribution is 9.10. The average Bonchev–Trinajstić information content (AvgIpc) is 3.06. The minimum Gasteiger partial charge on any atom is -0.371 e. The SMILES string of the molecule is CCS(=O)(=O)N(C)CCCNc1cc(-c2ccccc2Cl)nc2c(Br)ccn12. The Morgan fingerprint density at radius 3 is 2.75 bits per heavy atom. The van der Waals surface area contributed by atoms with Crippen LogP contribution in [0.1, 0.15) is 13.3 Å². The molecule has 0 saturated heterocycles. The highest BCUT2D eigenvalue weighted by Gasteiger charge is 2.15. The van der Waals surface area contributed by atoms with Gasteiger partial charge in [0.1, 0.15) is 5.82 Å². The number of benzene rings is 1. The van der Waals surface area contributed by atoms with Gasteiger partial charge in [-0.15, -0.1) is 0 Å². The van der Waals surface area contributed by atoms with E-state index in [2.05, 4.69) is 21.2 Å². The summed E-state index contributed by atoms with van der Waals surface area (Å²) in [7, 11) is -1.54. The highest BCUT2D eigenvalue weighted by Crippen LogP contribution is 2.30. The van der Waals surface area contributed by atoms with E-state index < -0.39 is 10.0 Å². The van der Waals surface area contributed by atoms with Gasteiger partial charge in [0.2, 0.25) is 10.0 Å². The highest BCUT2D eigenvalue weighted by atomic mass is 79.9. The number of sulfonamides is 1. The van der Waals surface area contributed by atoms with Crippen molar-refractivity contribution in [2.45, 2.75) is 13.3 Å². The van der Waals surface area contributed by atoms with Crippen LogP contribution in [0.15, 0.2) is 47.1 Å². The molecule has 0 spiro atoms. The number of nitrogens with zero attached hydrogens (tertiary/aromatic N) is 3. The topological polar surface area (TPSA) is 66.7 Å². The number of anilines is 1. The van der Waals surface area contributed by atoms with Crippen molar-refractivity contribution in [1.29, 1.82) is 0 Å². The maximum Gasteiger partial charge on any atom is 0.213 e. The Hall–Kier alpha value is -1.61. The molecule has 3 aromatic rings. The first kappa shape index (κ1) is 21.1. The fourth-order valence-corrected chi connectivity index (χ4v) is 4.35. The molecule has 0 aliphatic heterocycles. The summed E-state index contributed by atoms with van der Waals surface area (Å²) in [6.45, 7) is 2.74. The van der Waals surface area contributed by atoms with Crippen LogP contribution in [0, 0.1) is 0 Å². The van der Waals surface area contributed by atoms with Crippen LogP contribution >= 0.6 is 27.5 Å². The van der Waals surface area contributed by atoms with Gasteiger partial charge in [-0.2, -0.15) is 0 Å². The molecule has 2 heterocycles. The van der Waals surface area contributed by atoms with E-state index in [0.29, 0.717) is 24.5 Å². The predicted octanol–water partition coefficient (Wildman–Crippen LogP) is 4.50. The lowest BCUT2D eigenvalue weighted by molar-refractivity contribution is 0.466. The molecule has 0 aliphatic rings. The first-order chi connectivity index (χ1) is 13.3. The van der Waals surface area contributed by atoms with Gasteiger partial charge >= 0.3 is 0 Å². The molecule has 28 heavy (non-hydrogen) atoms. The van der Waals surface area contributed by atoms with Crippen LogP contribution in [-0.2, 0) is 10.0 Å². The van der Waals surface area contributed by atoms with E-state index in [-0.39, 0.29) is 5.75 Å². The molecule has 0 aliphatic carbocycles. The van der Waals surface area contributed by atoms with E-state index >= 15 is 0 Å². The van der Waals surface area contributed by atoms with Crippen molar-refractivity contribution < 1.29 is 8.42 Å². The largest absolute Gasteiger partial charge is 0.371 e. The molecule has 0 amide bonds. The molecule has 0 bridgehead atoms. The molecule has 0 radical (unpaired) electrons. The summed E-state index contributed by atoms with van der Waals surface area (Å²) < 4.78 is 27.9. The van der Waals surface area contributed by atoms with Crippen molar-refractivity contribution in [1.82, 2.24) is 13.7 Å². The maximum atomic E-state index is 11.8. The number of rotatable bonds is 8. The van der Waals surface area contributed by atoms with E-state index in [4.69, 9.17) is 16.6 Å². The van der Waals surface area contributed by atoms with Gasteiger partial charge in [-0.3, -0.25) is 4.40 Å². The number of halogens is 2. The molecule has 3 rings (SSSR count). The van der Waals surface area contributed by atoms with Crippen LogP contribution in [0.5, 0.6) is 0 Å². The molecule has 2 aromatic heterocycles. The third-order valence-corrected chi connectivity index (χ3v) is 7.33. The van der Waals surface area contributed by atoms with E-state index in [1.165, 1.54) is 4.31 Å². The Bertz CT molecular complexity index is 1080. The van der Waals surface area contributed by atoms with E-state index in [0.717, 1.165) is 27.2 Å². The Kier molecular flexibility index (Phi) is 6.65. The Morgan fingerprint density at radius 1 is 1.29 bits per heavy atom. The summed E-state index contributed by atoms with van der Waals surface area (Å²) in [5.74, 6) is 0.979.